The van der Waals surface area contributed by atoms with Crippen LogP contribution in [-0.2, 0) is 37.0 Å². The number of aromatic nitrogens is 3. The second-order valence-corrected chi connectivity index (χ2v) is 7.52. The van der Waals surface area contributed by atoms with E-state index >= 15 is 0 Å². The van der Waals surface area contributed by atoms with Crippen molar-refractivity contribution in [1.29, 1.82) is 0 Å². The third-order valence-corrected chi connectivity index (χ3v) is 5.09. The number of benzene rings is 1. The quantitative estimate of drug-likeness (QED) is 0.564. The van der Waals surface area contributed by atoms with Gasteiger partial charge < -0.3 is 5.32 Å². The predicted octanol–water partition coefficient (Wildman–Crippen LogP) is 4.78. The number of alkyl halides is 6. The second kappa shape index (κ2) is 8.05. The van der Waals surface area contributed by atoms with E-state index in [1.165, 1.54) is 37.6 Å². The molecule has 0 saturated carbocycles. The maximum atomic E-state index is 13.3. The van der Waals surface area contributed by atoms with Crippen LogP contribution < -0.4 is 5.32 Å². The van der Waals surface area contributed by atoms with E-state index in [1.807, 2.05) is 0 Å². The Hall–Kier alpha value is -3.63. The third kappa shape index (κ3) is 4.76. The molecule has 1 aliphatic carbocycles. The number of allylic oxidation sites excluding steroid dienone is 1. The molecule has 0 aliphatic heterocycles. The molecule has 1 amide bonds. The molecule has 0 radical (unpaired) electrons. The average Bonchev–Trinajstić information content (AvgIpc) is 3.31. The highest BCUT2D eigenvalue weighted by Crippen LogP contribution is 2.37. The number of rotatable bonds is 4. The van der Waals surface area contributed by atoms with Gasteiger partial charge in [-0.05, 0) is 23.8 Å². The third-order valence-electron chi connectivity index (χ3n) is 5.09. The largest absolute Gasteiger partial charge is 0.435 e. The van der Waals surface area contributed by atoms with Crippen molar-refractivity contribution in [2.24, 2.45) is 7.05 Å². The number of hydrogen-bond donors (Lipinski definition) is 1. The van der Waals surface area contributed by atoms with E-state index < -0.39 is 29.5 Å². The molecule has 0 fully saturated rings. The predicted molar refractivity (Wildman–Crippen MR) is 106 cm³/mol. The van der Waals surface area contributed by atoms with Crippen LogP contribution in [0.15, 0.2) is 48.8 Å². The molecular formula is C22H16F6N4O. The number of carbonyl (C=O) groups excluding carboxylic acids is 1. The highest BCUT2D eigenvalue weighted by Gasteiger charge is 2.37. The highest BCUT2D eigenvalue weighted by molar-refractivity contribution is 5.90. The molecule has 172 valence electrons. The first kappa shape index (κ1) is 22.6. The molecule has 11 heteroatoms. The van der Waals surface area contributed by atoms with Gasteiger partial charge in [-0.15, -0.1) is 0 Å². The number of nitrogens with zero attached hydrogens (tertiary/aromatic N) is 3. The van der Waals surface area contributed by atoms with Gasteiger partial charge in [-0.2, -0.15) is 31.4 Å². The van der Waals surface area contributed by atoms with Crippen molar-refractivity contribution < 1.29 is 31.1 Å². The van der Waals surface area contributed by atoms with E-state index in [0.717, 1.165) is 16.8 Å². The van der Waals surface area contributed by atoms with Gasteiger partial charge in [-0.25, -0.2) is 0 Å². The summed E-state index contributed by atoms with van der Waals surface area (Å²) in [5.74, 6) is -0.475. The summed E-state index contributed by atoms with van der Waals surface area (Å²) in [6, 6.07) is 5.75. The van der Waals surface area contributed by atoms with E-state index in [9.17, 15) is 31.1 Å². The van der Waals surface area contributed by atoms with Gasteiger partial charge in [0.15, 0.2) is 5.69 Å². The topological polar surface area (TPSA) is 59.8 Å². The molecule has 2 aromatic heterocycles. The molecule has 33 heavy (non-hydrogen) atoms. The van der Waals surface area contributed by atoms with Gasteiger partial charge in [-0.1, -0.05) is 18.2 Å². The van der Waals surface area contributed by atoms with Gasteiger partial charge in [0.1, 0.15) is 0 Å². The Kier molecular flexibility index (Phi) is 5.51. The standard InChI is InChI=1S/C22H16F6N4O/c1-32-11-16(20(31-32)22(26,27)28)13-9-15-17(29-10-13)6-7-18(15)30-19(33)8-12-2-4-14(5-3-12)21(23,24)25/h2-5,7,9-11H,6,8H2,1H3,(H,30,33). The van der Waals surface area contributed by atoms with Crippen LogP contribution in [0.4, 0.5) is 26.3 Å². The SMILES string of the molecule is Cn1cc(-c2cnc3c(c2)C(NC(=O)Cc2ccc(C(F)(F)F)cc2)=CC3)c(C(F)(F)F)n1. The fourth-order valence-corrected chi connectivity index (χ4v) is 3.56. The minimum atomic E-state index is -4.65. The van der Waals surface area contributed by atoms with Crippen molar-refractivity contribution in [3.05, 3.63) is 76.9 Å². The molecular weight excluding hydrogens is 450 g/mol. The van der Waals surface area contributed by atoms with Gasteiger partial charge in [0.2, 0.25) is 5.91 Å². The molecule has 2 heterocycles. The lowest BCUT2D eigenvalue weighted by atomic mass is 10.0. The molecule has 5 nitrogen and oxygen atoms in total. The van der Waals surface area contributed by atoms with Crippen molar-refractivity contribution in [2.75, 3.05) is 0 Å². The Morgan fingerprint density at radius 3 is 2.39 bits per heavy atom. The lowest BCUT2D eigenvalue weighted by molar-refractivity contribution is -0.141. The van der Waals surface area contributed by atoms with E-state index in [2.05, 4.69) is 15.4 Å². The van der Waals surface area contributed by atoms with Crippen LogP contribution in [-0.4, -0.2) is 20.7 Å². The van der Waals surface area contributed by atoms with Crippen LogP contribution in [0.5, 0.6) is 0 Å². The van der Waals surface area contributed by atoms with Crippen LogP contribution in [0.3, 0.4) is 0 Å². The van der Waals surface area contributed by atoms with Crippen molar-refractivity contribution in [3.8, 4) is 11.1 Å². The van der Waals surface area contributed by atoms with Crippen LogP contribution in [0.1, 0.15) is 28.1 Å². The molecule has 0 spiro atoms. The zero-order valence-electron chi connectivity index (χ0n) is 17.1. The summed E-state index contributed by atoms with van der Waals surface area (Å²) in [6.45, 7) is 0. The maximum absolute atomic E-state index is 13.3. The minimum absolute atomic E-state index is 0.136. The van der Waals surface area contributed by atoms with Gasteiger partial charge >= 0.3 is 12.4 Å². The summed E-state index contributed by atoms with van der Waals surface area (Å²) in [7, 11) is 1.38. The zero-order chi connectivity index (χ0) is 24.0. The molecule has 1 aliphatic rings. The van der Waals surface area contributed by atoms with Crippen molar-refractivity contribution in [2.45, 2.75) is 25.2 Å². The first-order valence-electron chi connectivity index (χ1n) is 9.68. The number of halogens is 6. The number of fused-ring (bicyclic) bond motifs is 1. The number of carbonyl (C=O) groups is 1. The van der Waals surface area contributed by atoms with Gasteiger partial charge in [0.25, 0.3) is 0 Å². The van der Waals surface area contributed by atoms with Crippen LogP contribution in [0, 0.1) is 0 Å². The van der Waals surface area contributed by atoms with Gasteiger partial charge in [0.05, 0.1) is 17.7 Å². The Labute approximate surface area is 183 Å². The lowest BCUT2D eigenvalue weighted by Gasteiger charge is -2.11. The first-order chi connectivity index (χ1) is 15.4. The van der Waals surface area contributed by atoms with E-state index in [4.69, 9.17) is 0 Å². The molecule has 0 unspecified atom stereocenters. The summed E-state index contributed by atoms with van der Waals surface area (Å²) < 4.78 is 79.1. The molecule has 1 N–H and O–H groups in total. The molecule has 1 aromatic carbocycles. The highest BCUT2D eigenvalue weighted by atomic mass is 19.4. The summed E-state index contributed by atoms with van der Waals surface area (Å²) in [5.41, 5.74) is 0.0332. The van der Waals surface area contributed by atoms with Crippen molar-refractivity contribution >= 4 is 11.6 Å². The van der Waals surface area contributed by atoms with Crippen LogP contribution in [0.25, 0.3) is 16.8 Å². The molecule has 0 bridgehead atoms. The van der Waals surface area contributed by atoms with Crippen molar-refractivity contribution in [3.63, 3.8) is 0 Å². The normalized spacial score (nSPS) is 13.6. The fourth-order valence-electron chi connectivity index (χ4n) is 3.56. The monoisotopic (exact) mass is 466 g/mol. The number of hydrogen-bond acceptors (Lipinski definition) is 3. The molecule has 0 saturated heterocycles. The number of aryl methyl sites for hydroxylation is 1. The van der Waals surface area contributed by atoms with Gasteiger partial charge in [-0.3, -0.25) is 14.5 Å². The Morgan fingerprint density at radius 2 is 1.76 bits per heavy atom. The fraction of sp³-hybridized carbons (Fsp3) is 0.227. The molecule has 0 atom stereocenters. The first-order valence-corrected chi connectivity index (χ1v) is 9.68. The number of amides is 1. The Bertz CT molecular complexity index is 1240. The van der Waals surface area contributed by atoms with Crippen molar-refractivity contribution in [1.82, 2.24) is 20.1 Å². The average molecular weight is 466 g/mol. The Morgan fingerprint density at radius 1 is 1.06 bits per heavy atom. The lowest BCUT2D eigenvalue weighted by Crippen LogP contribution is -2.23. The summed E-state index contributed by atoms with van der Waals surface area (Å²) >= 11 is 0. The van der Waals surface area contributed by atoms with Crippen LogP contribution >= 0.6 is 0 Å². The summed E-state index contributed by atoms with van der Waals surface area (Å²) in [6.07, 6.45) is -4.66. The smallest absolute Gasteiger partial charge is 0.325 e. The number of nitrogens with one attached hydrogen (secondary N) is 1. The summed E-state index contributed by atoms with van der Waals surface area (Å²) in [4.78, 5) is 16.7. The van der Waals surface area contributed by atoms with E-state index in [1.54, 1.807) is 6.08 Å². The van der Waals surface area contributed by atoms with E-state index in [0.29, 0.717) is 28.9 Å². The summed E-state index contributed by atoms with van der Waals surface area (Å²) in [5, 5.41) is 6.17. The Balaban J connectivity index is 1.53. The zero-order valence-corrected chi connectivity index (χ0v) is 17.1. The minimum Gasteiger partial charge on any atom is -0.325 e. The maximum Gasteiger partial charge on any atom is 0.435 e. The number of pyridine rings is 1. The van der Waals surface area contributed by atoms with Gasteiger partial charge in [0, 0.05) is 48.2 Å². The van der Waals surface area contributed by atoms with Crippen LogP contribution in [0.2, 0.25) is 0 Å². The molecule has 4 rings (SSSR count). The molecule has 3 aromatic rings. The van der Waals surface area contributed by atoms with E-state index in [-0.39, 0.29) is 17.5 Å². The second-order valence-electron chi connectivity index (χ2n) is 7.52.